The van der Waals surface area contributed by atoms with E-state index in [2.05, 4.69) is 100 Å². The van der Waals surface area contributed by atoms with Gasteiger partial charge in [0.25, 0.3) is 0 Å². The molecule has 0 saturated carbocycles. The maximum Gasteiger partial charge on any atom is -0.00130 e. The van der Waals surface area contributed by atoms with Crippen LogP contribution >= 0.6 is 0 Å². The fourth-order valence-electron chi connectivity index (χ4n) is 5.06. The molecule has 0 fully saturated rings. The number of fused-ring (bicyclic) bond motifs is 3. The molecule has 0 unspecified atom stereocenters. The van der Waals surface area contributed by atoms with Gasteiger partial charge in [0, 0.05) is 0 Å². The fraction of sp³-hybridized carbons (Fsp3) is 0.172. The number of benzene rings is 4. The van der Waals surface area contributed by atoms with E-state index in [1.165, 1.54) is 66.8 Å². The van der Waals surface area contributed by atoms with E-state index in [1.807, 2.05) is 0 Å². The van der Waals surface area contributed by atoms with Crippen molar-refractivity contribution in [2.24, 2.45) is 0 Å². The first kappa shape index (κ1) is 17.9. The largest absolute Gasteiger partial charge is 0.0617 e. The topological polar surface area (TPSA) is 0 Å². The Balaban J connectivity index is 1.58. The molecule has 0 amide bonds. The monoisotopic (exact) mass is 374 g/mol. The minimum absolute atomic E-state index is 1.02. The van der Waals surface area contributed by atoms with E-state index in [9.17, 15) is 0 Å². The second-order valence-electron chi connectivity index (χ2n) is 8.45. The van der Waals surface area contributed by atoms with Crippen molar-refractivity contribution >= 4 is 0 Å². The van der Waals surface area contributed by atoms with Crippen LogP contribution < -0.4 is 0 Å². The van der Waals surface area contributed by atoms with Gasteiger partial charge in [0.1, 0.15) is 0 Å². The van der Waals surface area contributed by atoms with Crippen molar-refractivity contribution in [3.05, 3.63) is 106 Å². The Hall–Kier alpha value is -3.12. The summed E-state index contributed by atoms with van der Waals surface area (Å²) in [5, 5.41) is 0. The lowest BCUT2D eigenvalue weighted by Gasteiger charge is -2.12. The van der Waals surface area contributed by atoms with Gasteiger partial charge in [-0.15, -0.1) is 0 Å². The van der Waals surface area contributed by atoms with E-state index in [4.69, 9.17) is 0 Å². The number of hydrogen-bond acceptors (Lipinski definition) is 0. The molecule has 1 aliphatic rings. The summed E-state index contributed by atoms with van der Waals surface area (Å²) in [6, 6.07) is 27.2. The van der Waals surface area contributed by atoms with Gasteiger partial charge in [-0.05, 0) is 101 Å². The molecule has 0 N–H and O–H groups in total. The second kappa shape index (κ2) is 6.74. The van der Waals surface area contributed by atoms with Gasteiger partial charge in [0.15, 0.2) is 0 Å². The van der Waals surface area contributed by atoms with Crippen LogP contribution in [-0.4, -0.2) is 0 Å². The first-order valence-electron chi connectivity index (χ1n) is 10.4. The van der Waals surface area contributed by atoms with Gasteiger partial charge >= 0.3 is 0 Å². The van der Waals surface area contributed by atoms with Crippen molar-refractivity contribution in [3.8, 4) is 33.4 Å². The van der Waals surface area contributed by atoms with Crippen LogP contribution in [0.3, 0.4) is 0 Å². The number of hydrogen-bond donors (Lipinski definition) is 0. The smallest absolute Gasteiger partial charge is 0.00130 e. The Kier molecular flexibility index (Phi) is 4.17. The molecule has 0 atom stereocenters. The number of rotatable bonds is 2. The molecule has 0 heterocycles. The predicted molar refractivity (Wildman–Crippen MR) is 125 cm³/mol. The van der Waals surface area contributed by atoms with Gasteiger partial charge in [0.2, 0.25) is 0 Å². The molecule has 0 saturated heterocycles. The summed E-state index contributed by atoms with van der Waals surface area (Å²) in [7, 11) is 0. The van der Waals surface area contributed by atoms with Crippen LogP contribution in [0.4, 0.5) is 0 Å². The summed E-state index contributed by atoms with van der Waals surface area (Å²) in [6.45, 7) is 8.84. The van der Waals surface area contributed by atoms with Crippen molar-refractivity contribution in [1.29, 1.82) is 0 Å². The number of aryl methyl sites for hydroxylation is 4. The lowest BCUT2D eigenvalue weighted by atomic mass is 9.92. The van der Waals surface area contributed by atoms with Crippen LogP contribution in [0.25, 0.3) is 33.4 Å². The second-order valence-corrected chi connectivity index (χ2v) is 8.45. The van der Waals surface area contributed by atoms with Crippen molar-refractivity contribution in [1.82, 2.24) is 0 Å². The van der Waals surface area contributed by atoms with Crippen LogP contribution in [0.1, 0.15) is 33.4 Å². The molecule has 4 aromatic carbocycles. The summed E-state index contributed by atoms with van der Waals surface area (Å²) in [5.41, 5.74) is 16.5. The third kappa shape index (κ3) is 2.91. The first-order chi connectivity index (χ1) is 14.0. The van der Waals surface area contributed by atoms with E-state index >= 15 is 0 Å². The van der Waals surface area contributed by atoms with Crippen LogP contribution in [-0.2, 0) is 6.42 Å². The molecule has 0 nitrogen and oxygen atoms in total. The summed E-state index contributed by atoms with van der Waals surface area (Å²) < 4.78 is 0. The maximum atomic E-state index is 2.41. The third-order valence-electron chi connectivity index (χ3n) is 6.42. The van der Waals surface area contributed by atoms with Gasteiger partial charge in [-0.1, -0.05) is 72.8 Å². The standard InChI is InChI=1S/C29H26/c1-18-7-5-8-19(2)28(18)22-11-13-26-24(15-22)17-25-16-23(12-14-27(25)26)29-20(3)9-6-10-21(29)4/h5-16H,17H2,1-4H3. The zero-order valence-corrected chi connectivity index (χ0v) is 17.6. The molecule has 0 spiro atoms. The maximum absolute atomic E-state index is 2.41. The Morgan fingerprint density at radius 1 is 0.483 bits per heavy atom. The van der Waals surface area contributed by atoms with Crippen LogP contribution in [0.5, 0.6) is 0 Å². The lowest BCUT2D eigenvalue weighted by Crippen LogP contribution is -1.90. The van der Waals surface area contributed by atoms with Crippen molar-refractivity contribution in [2.75, 3.05) is 0 Å². The van der Waals surface area contributed by atoms with E-state index in [0.717, 1.165) is 6.42 Å². The van der Waals surface area contributed by atoms with Crippen molar-refractivity contribution in [2.45, 2.75) is 34.1 Å². The highest BCUT2D eigenvalue weighted by atomic mass is 14.2. The van der Waals surface area contributed by atoms with Gasteiger partial charge in [-0.3, -0.25) is 0 Å². The molecular formula is C29H26. The quantitative estimate of drug-likeness (QED) is 0.295. The Bertz CT molecular complexity index is 1120. The Morgan fingerprint density at radius 2 is 0.862 bits per heavy atom. The summed E-state index contributed by atoms with van der Waals surface area (Å²) >= 11 is 0. The molecular weight excluding hydrogens is 348 g/mol. The molecule has 142 valence electrons. The van der Waals surface area contributed by atoms with Crippen LogP contribution in [0.15, 0.2) is 72.8 Å². The molecule has 0 radical (unpaired) electrons. The molecule has 0 aromatic heterocycles. The molecule has 4 aromatic rings. The normalized spacial score (nSPS) is 12.0. The zero-order valence-electron chi connectivity index (χ0n) is 17.6. The highest BCUT2D eigenvalue weighted by Crippen LogP contribution is 2.41. The lowest BCUT2D eigenvalue weighted by molar-refractivity contribution is 1.26. The van der Waals surface area contributed by atoms with Crippen LogP contribution in [0.2, 0.25) is 0 Å². The SMILES string of the molecule is Cc1cccc(C)c1-c1ccc2c(c1)Cc1cc(-c3c(C)cccc3C)ccc1-2. The van der Waals surface area contributed by atoms with E-state index in [0.29, 0.717) is 0 Å². The minimum Gasteiger partial charge on any atom is -0.0617 e. The minimum atomic E-state index is 1.02. The van der Waals surface area contributed by atoms with Crippen LogP contribution in [0, 0.1) is 27.7 Å². The fourth-order valence-corrected chi connectivity index (χ4v) is 5.06. The van der Waals surface area contributed by atoms with Gasteiger partial charge < -0.3 is 0 Å². The van der Waals surface area contributed by atoms with Crippen molar-refractivity contribution in [3.63, 3.8) is 0 Å². The van der Waals surface area contributed by atoms with E-state index in [-0.39, 0.29) is 0 Å². The average Bonchev–Trinajstić information content (AvgIpc) is 3.05. The van der Waals surface area contributed by atoms with Crippen molar-refractivity contribution < 1.29 is 0 Å². The molecule has 0 heteroatoms. The molecule has 1 aliphatic carbocycles. The first-order valence-corrected chi connectivity index (χ1v) is 10.4. The molecule has 5 rings (SSSR count). The Labute approximate surface area is 173 Å². The summed E-state index contributed by atoms with van der Waals surface area (Å²) in [5.74, 6) is 0. The highest BCUT2D eigenvalue weighted by molar-refractivity contribution is 5.84. The average molecular weight is 375 g/mol. The van der Waals surface area contributed by atoms with E-state index < -0.39 is 0 Å². The molecule has 0 bridgehead atoms. The third-order valence-corrected chi connectivity index (χ3v) is 6.42. The van der Waals surface area contributed by atoms with Gasteiger partial charge in [0.05, 0.1) is 0 Å². The highest BCUT2D eigenvalue weighted by Gasteiger charge is 2.20. The van der Waals surface area contributed by atoms with Gasteiger partial charge in [-0.2, -0.15) is 0 Å². The Morgan fingerprint density at radius 3 is 1.24 bits per heavy atom. The van der Waals surface area contributed by atoms with Gasteiger partial charge in [-0.25, -0.2) is 0 Å². The predicted octanol–water partition coefficient (Wildman–Crippen LogP) is 7.83. The van der Waals surface area contributed by atoms with E-state index in [1.54, 1.807) is 0 Å². The zero-order chi connectivity index (χ0) is 20.1. The summed E-state index contributed by atoms with van der Waals surface area (Å²) in [4.78, 5) is 0. The molecule has 0 aliphatic heterocycles. The molecule has 29 heavy (non-hydrogen) atoms. The summed E-state index contributed by atoms with van der Waals surface area (Å²) in [6.07, 6.45) is 1.02.